The van der Waals surface area contributed by atoms with Gasteiger partial charge in [-0.3, -0.25) is 4.79 Å². The van der Waals surface area contributed by atoms with Crippen LogP contribution in [0, 0.1) is 0 Å². The van der Waals surface area contributed by atoms with Crippen molar-refractivity contribution in [3.8, 4) is 0 Å². The lowest BCUT2D eigenvalue weighted by molar-refractivity contribution is 0.0953. The molecule has 3 aromatic rings. The third-order valence-electron chi connectivity index (χ3n) is 5.95. The zero-order valence-corrected chi connectivity index (χ0v) is 20.0. The van der Waals surface area contributed by atoms with Gasteiger partial charge in [0.15, 0.2) is 0 Å². The summed E-state index contributed by atoms with van der Waals surface area (Å²) < 4.78 is 2.42. The summed E-state index contributed by atoms with van der Waals surface area (Å²) in [5.74, 6) is 1.09. The van der Waals surface area contributed by atoms with E-state index in [1.807, 2.05) is 12.1 Å². The highest BCUT2D eigenvalue weighted by atomic mass is 35.5. The minimum atomic E-state index is -0.101. The fraction of sp³-hybridized carbons (Fsp3) is 0.481. The number of amides is 1. The van der Waals surface area contributed by atoms with Gasteiger partial charge in [-0.2, -0.15) is 0 Å². The van der Waals surface area contributed by atoms with Crippen molar-refractivity contribution < 1.29 is 4.79 Å². The summed E-state index contributed by atoms with van der Waals surface area (Å²) in [6, 6.07) is 15.6. The molecule has 32 heavy (non-hydrogen) atoms. The number of rotatable bonds is 14. The molecule has 5 heteroatoms. The number of unbranched alkanes of at least 4 members (excludes halogenated alkanes) is 7. The average Bonchev–Trinajstić information content (AvgIpc) is 3.16. The summed E-state index contributed by atoms with van der Waals surface area (Å²) in [6.07, 6.45) is 11.9. The van der Waals surface area contributed by atoms with Crippen molar-refractivity contribution in [2.45, 2.75) is 77.7 Å². The topological polar surface area (TPSA) is 46.9 Å². The standard InChI is InChI=1S/C27H36ClN3O/c1-2-3-4-5-6-14-21-31-25-18-12-11-17-24(25)30-26(31)19-8-7-13-20-29-27(32)22-15-9-10-16-23(22)28/h9-12,15-18H,2-8,13-14,19-21H2,1H3,(H,29,32). The molecule has 0 aliphatic carbocycles. The molecule has 1 aromatic heterocycles. The fourth-order valence-electron chi connectivity index (χ4n) is 4.14. The van der Waals surface area contributed by atoms with Crippen molar-refractivity contribution in [3.05, 3.63) is 64.9 Å². The second-order valence-electron chi connectivity index (χ2n) is 8.48. The number of nitrogens with zero attached hydrogens (tertiary/aromatic N) is 2. The van der Waals surface area contributed by atoms with Crippen molar-refractivity contribution in [1.82, 2.24) is 14.9 Å². The highest BCUT2D eigenvalue weighted by Crippen LogP contribution is 2.19. The minimum Gasteiger partial charge on any atom is -0.352 e. The van der Waals surface area contributed by atoms with Gasteiger partial charge in [0, 0.05) is 19.5 Å². The number of carbonyl (C=O) groups excluding carboxylic acids is 1. The molecule has 0 spiro atoms. The highest BCUT2D eigenvalue weighted by molar-refractivity contribution is 6.33. The van der Waals surface area contributed by atoms with E-state index in [2.05, 4.69) is 41.1 Å². The van der Waals surface area contributed by atoms with Crippen LogP contribution >= 0.6 is 11.6 Å². The molecule has 0 aliphatic rings. The zero-order chi connectivity index (χ0) is 22.6. The second-order valence-corrected chi connectivity index (χ2v) is 8.89. The lowest BCUT2D eigenvalue weighted by Crippen LogP contribution is -2.24. The van der Waals surface area contributed by atoms with E-state index in [4.69, 9.17) is 16.6 Å². The van der Waals surface area contributed by atoms with Gasteiger partial charge in [0.2, 0.25) is 0 Å². The Morgan fingerprint density at radius 2 is 1.62 bits per heavy atom. The van der Waals surface area contributed by atoms with E-state index in [0.29, 0.717) is 17.1 Å². The SMILES string of the molecule is CCCCCCCCn1c(CCCCCNC(=O)c2ccccc2Cl)nc2ccccc21. The lowest BCUT2D eigenvalue weighted by atomic mass is 10.1. The van der Waals surface area contributed by atoms with Crippen molar-refractivity contribution in [3.63, 3.8) is 0 Å². The molecule has 0 bridgehead atoms. The number of benzene rings is 2. The molecule has 172 valence electrons. The molecule has 1 heterocycles. The van der Waals surface area contributed by atoms with Crippen molar-refractivity contribution in [2.75, 3.05) is 6.54 Å². The van der Waals surface area contributed by atoms with Gasteiger partial charge in [0.05, 0.1) is 21.6 Å². The first-order valence-electron chi connectivity index (χ1n) is 12.2. The number of carbonyl (C=O) groups is 1. The Morgan fingerprint density at radius 3 is 2.47 bits per heavy atom. The van der Waals surface area contributed by atoms with E-state index >= 15 is 0 Å². The number of para-hydroxylation sites is 2. The van der Waals surface area contributed by atoms with Crippen molar-refractivity contribution in [2.24, 2.45) is 0 Å². The van der Waals surface area contributed by atoms with Gasteiger partial charge in [0.25, 0.3) is 5.91 Å². The van der Waals surface area contributed by atoms with Crippen LogP contribution in [0.5, 0.6) is 0 Å². The van der Waals surface area contributed by atoms with Gasteiger partial charge in [-0.1, -0.05) is 81.3 Å². The molecule has 0 fully saturated rings. The highest BCUT2D eigenvalue weighted by Gasteiger charge is 2.11. The van der Waals surface area contributed by atoms with Crippen molar-refractivity contribution >= 4 is 28.5 Å². The molecule has 0 saturated heterocycles. The van der Waals surface area contributed by atoms with Gasteiger partial charge < -0.3 is 9.88 Å². The Kier molecular flexibility index (Phi) is 10.1. The Hall–Kier alpha value is -2.33. The Bertz CT molecular complexity index is 982. The lowest BCUT2D eigenvalue weighted by Gasteiger charge is -2.10. The summed E-state index contributed by atoms with van der Waals surface area (Å²) in [6.45, 7) is 3.98. The molecular weight excluding hydrogens is 418 g/mol. The molecule has 0 radical (unpaired) electrons. The molecule has 2 aromatic carbocycles. The first kappa shape index (κ1) is 24.3. The smallest absolute Gasteiger partial charge is 0.252 e. The van der Waals surface area contributed by atoms with E-state index in [-0.39, 0.29) is 5.91 Å². The number of nitrogens with one attached hydrogen (secondary N) is 1. The van der Waals surface area contributed by atoms with E-state index < -0.39 is 0 Å². The first-order chi connectivity index (χ1) is 15.7. The number of aryl methyl sites for hydroxylation is 2. The summed E-state index contributed by atoms with van der Waals surface area (Å²) in [5.41, 5.74) is 2.89. The quantitative estimate of drug-likeness (QED) is 0.262. The van der Waals surface area contributed by atoms with Crippen molar-refractivity contribution in [1.29, 1.82) is 0 Å². The summed E-state index contributed by atoms with van der Waals surface area (Å²) in [7, 11) is 0. The summed E-state index contributed by atoms with van der Waals surface area (Å²) in [5, 5.41) is 3.47. The van der Waals surface area contributed by atoms with Crippen LogP contribution in [0.25, 0.3) is 11.0 Å². The van der Waals surface area contributed by atoms with E-state index in [1.54, 1.807) is 12.1 Å². The molecule has 0 unspecified atom stereocenters. The maximum atomic E-state index is 12.2. The van der Waals surface area contributed by atoms with Crippen LogP contribution in [0.4, 0.5) is 0 Å². The zero-order valence-electron chi connectivity index (χ0n) is 19.3. The Balaban J connectivity index is 1.44. The predicted octanol–water partition coefficient (Wildman–Crippen LogP) is 7.19. The third kappa shape index (κ3) is 7.09. The van der Waals surface area contributed by atoms with Gasteiger partial charge in [-0.15, -0.1) is 0 Å². The predicted molar refractivity (Wildman–Crippen MR) is 134 cm³/mol. The number of fused-ring (bicyclic) bond motifs is 1. The normalized spacial score (nSPS) is 11.2. The third-order valence-corrected chi connectivity index (χ3v) is 6.28. The molecule has 3 rings (SSSR count). The van der Waals surface area contributed by atoms with E-state index in [1.165, 1.54) is 49.9 Å². The van der Waals surface area contributed by atoms with Gasteiger partial charge >= 0.3 is 0 Å². The van der Waals surface area contributed by atoms with Crippen LogP contribution in [0.15, 0.2) is 48.5 Å². The van der Waals surface area contributed by atoms with Crippen LogP contribution < -0.4 is 5.32 Å². The summed E-state index contributed by atoms with van der Waals surface area (Å²) in [4.78, 5) is 17.2. The van der Waals surface area contributed by atoms with Crippen LogP contribution in [0.2, 0.25) is 5.02 Å². The molecule has 4 nitrogen and oxygen atoms in total. The summed E-state index contributed by atoms with van der Waals surface area (Å²) >= 11 is 6.10. The van der Waals surface area contributed by atoms with Gasteiger partial charge in [-0.05, 0) is 43.5 Å². The number of halogens is 1. The number of aromatic nitrogens is 2. The molecule has 0 saturated carbocycles. The molecule has 1 amide bonds. The number of imidazole rings is 1. The van der Waals surface area contributed by atoms with Crippen LogP contribution in [-0.4, -0.2) is 22.0 Å². The van der Waals surface area contributed by atoms with E-state index in [9.17, 15) is 4.79 Å². The van der Waals surface area contributed by atoms with Crippen LogP contribution in [0.1, 0.15) is 80.9 Å². The average molecular weight is 454 g/mol. The molecule has 0 atom stereocenters. The number of hydrogen-bond donors (Lipinski definition) is 1. The van der Waals surface area contributed by atoms with E-state index in [0.717, 1.165) is 37.7 Å². The van der Waals surface area contributed by atoms with Crippen LogP contribution in [-0.2, 0) is 13.0 Å². The van der Waals surface area contributed by atoms with Gasteiger partial charge in [-0.25, -0.2) is 4.98 Å². The minimum absolute atomic E-state index is 0.101. The molecular formula is C27H36ClN3O. The second kappa shape index (κ2) is 13.3. The largest absolute Gasteiger partial charge is 0.352 e. The van der Waals surface area contributed by atoms with Crippen LogP contribution in [0.3, 0.4) is 0 Å². The Labute approximate surface area is 197 Å². The maximum absolute atomic E-state index is 12.2. The Morgan fingerprint density at radius 1 is 0.906 bits per heavy atom. The molecule has 0 aliphatic heterocycles. The van der Waals surface area contributed by atoms with Gasteiger partial charge in [0.1, 0.15) is 5.82 Å². The monoisotopic (exact) mass is 453 g/mol. The first-order valence-corrected chi connectivity index (χ1v) is 12.6. The molecule has 1 N–H and O–H groups in total. The fourth-order valence-corrected chi connectivity index (χ4v) is 4.36. The number of hydrogen-bond acceptors (Lipinski definition) is 2. The maximum Gasteiger partial charge on any atom is 0.252 e.